The molecule has 0 saturated carbocycles. The van der Waals surface area contributed by atoms with E-state index in [4.69, 9.17) is 0 Å². The fourth-order valence-electron chi connectivity index (χ4n) is 5.01. The number of hydrogen-bond acceptors (Lipinski definition) is 5. The molecule has 2 amide bonds. The van der Waals surface area contributed by atoms with Crippen LogP contribution in [0.25, 0.3) is 0 Å². The number of unbranched alkanes of at least 4 members (excludes halogenated alkanes) is 1. The predicted molar refractivity (Wildman–Crippen MR) is 110 cm³/mol. The van der Waals surface area contributed by atoms with Crippen molar-refractivity contribution in [2.75, 3.05) is 26.2 Å². The zero-order valence-corrected chi connectivity index (χ0v) is 18.3. The summed E-state index contributed by atoms with van der Waals surface area (Å²) in [5.74, 6) is -3.03. The number of carbonyl (C=O) groups excluding carboxylic acids is 2. The number of amides is 2. The maximum Gasteiger partial charge on any atom is 0.308 e. The molecule has 3 saturated heterocycles. The van der Waals surface area contributed by atoms with Crippen LogP contribution in [0.15, 0.2) is 12.7 Å². The van der Waals surface area contributed by atoms with Gasteiger partial charge in [-0.05, 0) is 12.8 Å². The van der Waals surface area contributed by atoms with E-state index < -0.39 is 28.6 Å². The van der Waals surface area contributed by atoms with Crippen molar-refractivity contribution in [2.24, 2.45) is 11.8 Å². The Morgan fingerprint density at radius 3 is 2.79 bits per heavy atom. The number of carboxylic acids is 1. The number of thioether (sulfide) groups is 1. The molecule has 9 heteroatoms. The molecule has 3 heterocycles. The number of carboxylic acid groups (broad SMARTS) is 1. The highest BCUT2D eigenvalue weighted by Crippen LogP contribution is 2.67. The van der Waals surface area contributed by atoms with Crippen molar-refractivity contribution in [2.45, 2.75) is 47.1 Å². The van der Waals surface area contributed by atoms with Crippen LogP contribution in [0.4, 0.5) is 0 Å². The van der Waals surface area contributed by atoms with Gasteiger partial charge >= 0.3 is 5.97 Å². The standard InChI is InChI=1S/C19H27BrN2O5S/c1-3-5-7-21(6-4-2)17(25)15-19-10-11(20)14(28-19)12(18(26)27)13(19)16(24)22(15)8-9-23/h4,11-15,23H,2-3,5-10H2,1H3,(H,26,27)/t11?,12-,13+,14-,15?,19?/m1/s1. The molecule has 3 unspecified atom stereocenters. The van der Waals surface area contributed by atoms with Crippen LogP contribution in [-0.4, -0.2) is 84.9 Å². The summed E-state index contributed by atoms with van der Waals surface area (Å²) in [7, 11) is 0. The molecule has 6 atom stereocenters. The van der Waals surface area contributed by atoms with Crippen LogP contribution in [0, 0.1) is 11.8 Å². The van der Waals surface area contributed by atoms with E-state index >= 15 is 0 Å². The first-order valence-electron chi connectivity index (χ1n) is 9.69. The van der Waals surface area contributed by atoms with Crippen molar-refractivity contribution in [1.29, 1.82) is 0 Å². The minimum Gasteiger partial charge on any atom is -0.481 e. The highest BCUT2D eigenvalue weighted by atomic mass is 79.9. The lowest BCUT2D eigenvalue weighted by Gasteiger charge is -2.37. The molecule has 0 aliphatic carbocycles. The molecule has 0 aromatic carbocycles. The van der Waals surface area contributed by atoms with Crippen LogP contribution in [0.5, 0.6) is 0 Å². The Kier molecular flexibility index (Phi) is 6.46. The van der Waals surface area contributed by atoms with Crippen LogP contribution in [0.2, 0.25) is 0 Å². The fraction of sp³-hybridized carbons (Fsp3) is 0.737. The van der Waals surface area contributed by atoms with Gasteiger partial charge in [0.1, 0.15) is 6.04 Å². The number of nitrogens with zero attached hydrogens (tertiary/aromatic N) is 2. The van der Waals surface area contributed by atoms with E-state index in [1.807, 2.05) is 6.92 Å². The summed E-state index contributed by atoms with van der Waals surface area (Å²) in [4.78, 5) is 41.9. The van der Waals surface area contributed by atoms with Crippen molar-refractivity contribution in [3.63, 3.8) is 0 Å². The molecule has 7 nitrogen and oxygen atoms in total. The predicted octanol–water partition coefficient (Wildman–Crippen LogP) is 1.34. The largest absolute Gasteiger partial charge is 0.481 e. The average Bonchev–Trinajstić information content (AvgIpc) is 3.23. The summed E-state index contributed by atoms with van der Waals surface area (Å²) >= 11 is 5.07. The minimum absolute atomic E-state index is 0.0354. The lowest BCUT2D eigenvalue weighted by molar-refractivity contribution is -0.148. The molecule has 1 spiro atoms. The van der Waals surface area contributed by atoms with Gasteiger partial charge in [-0.2, -0.15) is 0 Å². The fourth-order valence-corrected chi connectivity index (χ4v) is 8.61. The van der Waals surface area contributed by atoms with Crippen molar-refractivity contribution >= 4 is 45.5 Å². The van der Waals surface area contributed by atoms with Gasteiger partial charge in [0.2, 0.25) is 11.8 Å². The minimum atomic E-state index is -0.993. The lowest BCUT2D eigenvalue weighted by Crippen LogP contribution is -2.55. The smallest absolute Gasteiger partial charge is 0.308 e. The van der Waals surface area contributed by atoms with Crippen LogP contribution in [0.3, 0.4) is 0 Å². The van der Waals surface area contributed by atoms with Crippen LogP contribution >= 0.6 is 27.7 Å². The Morgan fingerprint density at radius 2 is 2.21 bits per heavy atom. The summed E-state index contributed by atoms with van der Waals surface area (Å²) in [6, 6.07) is -0.756. The zero-order chi connectivity index (χ0) is 20.6. The topological polar surface area (TPSA) is 98.2 Å². The zero-order valence-electron chi connectivity index (χ0n) is 15.9. The quantitative estimate of drug-likeness (QED) is 0.386. The van der Waals surface area contributed by atoms with E-state index in [-0.39, 0.29) is 35.0 Å². The summed E-state index contributed by atoms with van der Waals surface area (Å²) in [6.45, 7) is 6.50. The second kappa shape index (κ2) is 8.36. The third kappa shape index (κ3) is 3.19. The molecule has 3 aliphatic rings. The number of aliphatic carboxylic acids is 1. The number of aliphatic hydroxyl groups is 1. The highest BCUT2D eigenvalue weighted by Gasteiger charge is 2.75. The monoisotopic (exact) mass is 474 g/mol. The Morgan fingerprint density at radius 1 is 1.50 bits per heavy atom. The number of rotatable bonds is 9. The molecular formula is C19H27BrN2O5S. The van der Waals surface area contributed by atoms with Gasteiger partial charge in [-0.3, -0.25) is 14.4 Å². The molecule has 0 aromatic heterocycles. The third-order valence-electron chi connectivity index (χ3n) is 6.09. The second-order valence-corrected chi connectivity index (χ2v) is 10.4. The molecule has 2 N–H and O–H groups in total. The van der Waals surface area contributed by atoms with Gasteiger partial charge in [-0.15, -0.1) is 18.3 Å². The van der Waals surface area contributed by atoms with Gasteiger partial charge < -0.3 is 20.0 Å². The number of halogens is 1. The van der Waals surface area contributed by atoms with E-state index in [1.165, 1.54) is 16.7 Å². The Bertz CT molecular complexity index is 677. The Hall–Kier alpha value is -1.06. The first kappa shape index (κ1) is 21.6. The number of hydrogen-bond donors (Lipinski definition) is 2. The normalized spacial score (nSPS) is 35.9. The number of β-amino-alcohol motifs (C(OH)–C–C–N with tert-alkyl or cyclic N) is 1. The molecule has 3 rings (SSSR count). The van der Waals surface area contributed by atoms with E-state index in [0.717, 1.165) is 12.8 Å². The van der Waals surface area contributed by atoms with E-state index in [0.29, 0.717) is 19.5 Å². The highest BCUT2D eigenvalue weighted by molar-refractivity contribution is 9.09. The van der Waals surface area contributed by atoms with E-state index in [1.54, 1.807) is 11.0 Å². The molecule has 0 aromatic rings. The van der Waals surface area contributed by atoms with Crippen molar-refractivity contribution in [1.82, 2.24) is 9.80 Å². The summed E-state index contributed by atoms with van der Waals surface area (Å²) in [6.07, 6.45) is 4.00. The molecule has 28 heavy (non-hydrogen) atoms. The lowest BCUT2D eigenvalue weighted by atomic mass is 9.71. The Balaban J connectivity index is 2.02. The second-order valence-electron chi connectivity index (χ2n) is 7.68. The van der Waals surface area contributed by atoms with E-state index in [9.17, 15) is 24.6 Å². The van der Waals surface area contributed by atoms with Crippen molar-refractivity contribution in [3.05, 3.63) is 12.7 Å². The third-order valence-corrected chi connectivity index (χ3v) is 9.31. The molecular weight excluding hydrogens is 448 g/mol. The van der Waals surface area contributed by atoms with Gasteiger partial charge in [-0.1, -0.05) is 35.4 Å². The van der Waals surface area contributed by atoms with Crippen molar-refractivity contribution in [3.8, 4) is 0 Å². The van der Waals surface area contributed by atoms with Gasteiger partial charge in [0.15, 0.2) is 0 Å². The molecule has 3 aliphatic heterocycles. The number of fused-ring (bicyclic) bond motifs is 1. The Labute approximate surface area is 177 Å². The first-order valence-corrected chi connectivity index (χ1v) is 11.5. The summed E-state index contributed by atoms with van der Waals surface area (Å²) in [5.41, 5.74) is 0. The number of carbonyl (C=O) groups is 3. The van der Waals surface area contributed by atoms with Crippen LogP contribution in [0.1, 0.15) is 26.2 Å². The van der Waals surface area contributed by atoms with Gasteiger partial charge in [0.25, 0.3) is 0 Å². The number of aliphatic hydroxyl groups excluding tert-OH is 1. The molecule has 3 fully saturated rings. The maximum atomic E-state index is 13.6. The summed E-state index contributed by atoms with van der Waals surface area (Å²) in [5, 5.41) is 19.1. The van der Waals surface area contributed by atoms with E-state index in [2.05, 4.69) is 22.5 Å². The first-order chi connectivity index (χ1) is 13.3. The van der Waals surface area contributed by atoms with Crippen molar-refractivity contribution < 1.29 is 24.6 Å². The molecule has 0 radical (unpaired) electrons. The van der Waals surface area contributed by atoms with Gasteiger partial charge in [0.05, 0.1) is 23.2 Å². The van der Waals surface area contributed by atoms with Crippen LogP contribution in [-0.2, 0) is 14.4 Å². The summed E-state index contributed by atoms with van der Waals surface area (Å²) < 4.78 is -0.767. The molecule has 156 valence electrons. The van der Waals surface area contributed by atoms with Gasteiger partial charge in [0, 0.05) is 29.7 Å². The maximum absolute atomic E-state index is 13.6. The SMILES string of the molecule is C=CCN(CCCC)C(=O)C1N(CCO)C(=O)[C@@H]2[C@@H](C(=O)O)[C@@H]3SC12CC3Br. The number of alkyl halides is 1. The number of likely N-dealkylation sites (tertiary alicyclic amines) is 1. The van der Waals surface area contributed by atoms with Crippen LogP contribution < -0.4 is 0 Å². The average molecular weight is 475 g/mol. The molecule has 2 bridgehead atoms. The van der Waals surface area contributed by atoms with Gasteiger partial charge in [-0.25, -0.2) is 0 Å².